The summed E-state index contributed by atoms with van der Waals surface area (Å²) in [5.74, 6) is 1.86. The Morgan fingerprint density at radius 1 is 1.38 bits per heavy atom. The summed E-state index contributed by atoms with van der Waals surface area (Å²) in [6.45, 7) is 9.45. The number of nitrogens with zero attached hydrogens (tertiary/aromatic N) is 2. The van der Waals surface area contributed by atoms with Crippen LogP contribution in [0.4, 0.5) is 0 Å². The van der Waals surface area contributed by atoms with Crippen molar-refractivity contribution in [2.45, 2.75) is 51.7 Å². The second kappa shape index (κ2) is 5.81. The lowest BCUT2D eigenvalue weighted by Crippen LogP contribution is -2.64. The summed E-state index contributed by atoms with van der Waals surface area (Å²) in [4.78, 5) is 16.5. The molecule has 0 aromatic carbocycles. The van der Waals surface area contributed by atoms with Gasteiger partial charge in [-0.15, -0.1) is 0 Å². The van der Waals surface area contributed by atoms with Gasteiger partial charge >= 0.3 is 0 Å². The summed E-state index contributed by atoms with van der Waals surface area (Å²) in [5, 5.41) is 0. The minimum Gasteiger partial charge on any atom is -0.465 e. The third kappa shape index (κ3) is 2.85. The van der Waals surface area contributed by atoms with Crippen LogP contribution in [0, 0.1) is 6.92 Å². The molecule has 2 unspecified atom stereocenters. The molecule has 0 saturated carbocycles. The van der Waals surface area contributed by atoms with Crippen molar-refractivity contribution in [1.82, 2.24) is 9.80 Å². The first-order valence-electron chi connectivity index (χ1n) is 7.63. The Balaban J connectivity index is 2.39. The molecule has 0 bridgehead atoms. The lowest BCUT2D eigenvalue weighted by molar-refractivity contribution is -0.150. The molecule has 2 N–H and O–H groups in total. The van der Waals surface area contributed by atoms with Crippen LogP contribution in [0.3, 0.4) is 0 Å². The van der Waals surface area contributed by atoms with E-state index in [2.05, 4.69) is 11.8 Å². The van der Waals surface area contributed by atoms with Crippen LogP contribution in [-0.4, -0.2) is 47.4 Å². The van der Waals surface area contributed by atoms with Crippen molar-refractivity contribution in [2.24, 2.45) is 5.73 Å². The standard InChI is InChI=1S/C16H27N3O2/c1-6-12(17)14(13-8-7-11(2)21-13)19-10-9-18(5)15(20)16(19,3)4/h7-8,12,14H,6,9-10,17H2,1-5H3. The molecular formula is C16H27N3O2. The topological polar surface area (TPSA) is 62.7 Å². The van der Waals surface area contributed by atoms with Crippen molar-refractivity contribution < 1.29 is 9.21 Å². The molecule has 1 aromatic rings. The Labute approximate surface area is 127 Å². The summed E-state index contributed by atoms with van der Waals surface area (Å²) >= 11 is 0. The predicted molar refractivity (Wildman–Crippen MR) is 82.9 cm³/mol. The van der Waals surface area contributed by atoms with Crippen LogP contribution in [0.5, 0.6) is 0 Å². The van der Waals surface area contributed by atoms with E-state index in [0.717, 1.165) is 31.0 Å². The van der Waals surface area contributed by atoms with Crippen LogP contribution in [0.25, 0.3) is 0 Å². The largest absolute Gasteiger partial charge is 0.465 e. The monoisotopic (exact) mass is 293 g/mol. The average molecular weight is 293 g/mol. The Kier molecular flexibility index (Phi) is 4.44. The second-order valence-corrected chi connectivity index (χ2v) is 6.44. The van der Waals surface area contributed by atoms with E-state index >= 15 is 0 Å². The number of rotatable bonds is 4. The highest BCUT2D eigenvalue weighted by atomic mass is 16.3. The molecule has 2 atom stereocenters. The van der Waals surface area contributed by atoms with Gasteiger partial charge in [-0.05, 0) is 39.3 Å². The highest BCUT2D eigenvalue weighted by Gasteiger charge is 2.46. The molecule has 5 heteroatoms. The third-order valence-electron chi connectivity index (χ3n) is 4.53. The highest BCUT2D eigenvalue weighted by molar-refractivity contribution is 5.86. The Bertz CT molecular complexity index is 509. The zero-order valence-corrected chi connectivity index (χ0v) is 13.7. The minimum absolute atomic E-state index is 0.0639. The quantitative estimate of drug-likeness (QED) is 0.921. The fraction of sp³-hybridized carbons (Fsp3) is 0.688. The van der Waals surface area contributed by atoms with Gasteiger partial charge in [0.1, 0.15) is 11.5 Å². The molecule has 0 aliphatic carbocycles. The summed E-state index contributed by atoms with van der Waals surface area (Å²) in [5.41, 5.74) is 5.79. The number of likely N-dealkylation sites (N-methyl/N-ethyl adjacent to an activating group) is 1. The van der Waals surface area contributed by atoms with Crippen molar-refractivity contribution in [3.05, 3.63) is 23.7 Å². The predicted octanol–water partition coefficient (Wildman–Crippen LogP) is 1.92. The van der Waals surface area contributed by atoms with Crippen LogP contribution < -0.4 is 5.73 Å². The maximum Gasteiger partial charge on any atom is 0.242 e. The molecule has 5 nitrogen and oxygen atoms in total. The molecule has 2 heterocycles. The normalized spacial score (nSPS) is 22.4. The lowest BCUT2D eigenvalue weighted by Gasteiger charge is -2.49. The Hall–Kier alpha value is -1.33. The Morgan fingerprint density at radius 2 is 2.05 bits per heavy atom. The smallest absolute Gasteiger partial charge is 0.242 e. The van der Waals surface area contributed by atoms with E-state index in [-0.39, 0.29) is 18.0 Å². The number of furan rings is 1. The number of piperazine rings is 1. The molecule has 1 aromatic heterocycles. The van der Waals surface area contributed by atoms with Gasteiger partial charge in [0.15, 0.2) is 0 Å². The van der Waals surface area contributed by atoms with Gasteiger partial charge in [-0.1, -0.05) is 6.92 Å². The molecule has 118 valence electrons. The van der Waals surface area contributed by atoms with E-state index in [0.29, 0.717) is 0 Å². The molecule has 2 rings (SSSR count). The molecule has 21 heavy (non-hydrogen) atoms. The summed E-state index contributed by atoms with van der Waals surface area (Å²) in [6.07, 6.45) is 0.834. The van der Waals surface area contributed by atoms with Crippen molar-refractivity contribution in [2.75, 3.05) is 20.1 Å². The summed E-state index contributed by atoms with van der Waals surface area (Å²) in [6, 6.07) is 3.80. The highest BCUT2D eigenvalue weighted by Crippen LogP contribution is 2.35. The van der Waals surface area contributed by atoms with E-state index in [1.165, 1.54) is 0 Å². The summed E-state index contributed by atoms with van der Waals surface area (Å²) < 4.78 is 5.83. The summed E-state index contributed by atoms with van der Waals surface area (Å²) in [7, 11) is 1.85. The number of carbonyl (C=O) groups excluding carboxylic acids is 1. The molecule has 1 aliphatic rings. The van der Waals surface area contributed by atoms with E-state index in [9.17, 15) is 4.79 Å². The molecule has 1 saturated heterocycles. The number of hydrogen-bond donors (Lipinski definition) is 1. The fourth-order valence-corrected chi connectivity index (χ4v) is 3.15. The van der Waals surface area contributed by atoms with Gasteiger partial charge in [0, 0.05) is 26.2 Å². The van der Waals surface area contributed by atoms with Gasteiger partial charge in [-0.25, -0.2) is 0 Å². The molecule has 1 fully saturated rings. The minimum atomic E-state index is -0.578. The zero-order valence-electron chi connectivity index (χ0n) is 13.7. The third-order valence-corrected chi connectivity index (χ3v) is 4.53. The van der Waals surface area contributed by atoms with Crippen molar-refractivity contribution >= 4 is 5.91 Å². The van der Waals surface area contributed by atoms with Crippen LogP contribution in [0.1, 0.15) is 44.8 Å². The van der Waals surface area contributed by atoms with Crippen molar-refractivity contribution in [3.8, 4) is 0 Å². The van der Waals surface area contributed by atoms with Gasteiger partial charge in [0.2, 0.25) is 5.91 Å². The van der Waals surface area contributed by atoms with Crippen LogP contribution >= 0.6 is 0 Å². The van der Waals surface area contributed by atoms with E-state index < -0.39 is 5.54 Å². The van der Waals surface area contributed by atoms with Gasteiger partial charge in [0.25, 0.3) is 0 Å². The van der Waals surface area contributed by atoms with Crippen LogP contribution in [-0.2, 0) is 4.79 Å². The number of nitrogens with two attached hydrogens (primary N) is 1. The first kappa shape index (κ1) is 16.0. The maximum atomic E-state index is 12.5. The average Bonchev–Trinajstić information content (AvgIpc) is 2.85. The van der Waals surface area contributed by atoms with Crippen LogP contribution in [0.2, 0.25) is 0 Å². The van der Waals surface area contributed by atoms with E-state index in [1.807, 2.05) is 40.0 Å². The fourth-order valence-electron chi connectivity index (χ4n) is 3.15. The Morgan fingerprint density at radius 3 is 2.57 bits per heavy atom. The molecular weight excluding hydrogens is 266 g/mol. The van der Waals surface area contributed by atoms with E-state index in [1.54, 1.807) is 4.90 Å². The van der Waals surface area contributed by atoms with Crippen LogP contribution in [0.15, 0.2) is 16.5 Å². The molecule has 0 radical (unpaired) electrons. The van der Waals surface area contributed by atoms with E-state index in [4.69, 9.17) is 10.2 Å². The second-order valence-electron chi connectivity index (χ2n) is 6.44. The van der Waals surface area contributed by atoms with Crippen molar-refractivity contribution in [1.29, 1.82) is 0 Å². The molecule has 1 amide bonds. The lowest BCUT2D eigenvalue weighted by atomic mass is 9.91. The van der Waals surface area contributed by atoms with Gasteiger partial charge in [-0.2, -0.15) is 0 Å². The first-order valence-corrected chi connectivity index (χ1v) is 7.63. The number of amides is 1. The first-order chi connectivity index (χ1) is 9.78. The van der Waals surface area contributed by atoms with Gasteiger partial charge in [0.05, 0.1) is 11.6 Å². The number of aryl methyl sites for hydroxylation is 1. The van der Waals surface area contributed by atoms with Gasteiger partial charge < -0.3 is 15.1 Å². The van der Waals surface area contributed by atoms with Gasteiger partial charge in [-0.3, -0.25) is 9.69 Å². The molecule has 1 aliphatic heterocycles. The SMILES string of the molecule is CCC(N)C(c1ccc(C)o1)N1CCN(C)C(=O)C1(C)C. The number of hydrogen-bond acceptors (Lipinski definition) is 4. The molecule has 0 spiro atoms. The van der Waals surface area contributed by atoms with Crippen molar-refractivity contribution in [3.63, 3.8) is 0 Å². The maximum absolute atomic E-state index is 12.5. The number of carbonyl (C=O) groups is 1. The zero-order chi connectivity index (χ0) is 15.8.